The molecular formula is C28H45N3O2. The molecule has 1 aromatic rings. The molecular weight excluding hydrogens is 410 g/mol. The van der Waals surface area contributed by atoms with Gasteiger partial charge in [-0.3, -0.25) is 9.79 Å². The van der Waals surface area contributed by atoms with Gasteiger partial charge in [-0.2, -0.15) is 0 Å². The molecule has 0 saturated heterocycles. The number of hydrogen-bond acceptors (Lipinski definition) is 5. The Labute approximate surface area is 200 Å². The molecule has 3 N–H and O–H groups in total. The lowest BCUT2D eigenvalue weighted by Crippen LogP contribution is -2.54. The average molecular weight is 456 g/mol. The molecule has 2 aliphatic rings. The topological polar surface area (TPSA) is 78.9 Å². The molecule has 0 aromatic heterocycles. The Morgan fingerprint density at radius 2 is 1.85 bits per heavy atom. The summed E-state index contributed by atoms with van der Waals surface area (Å²) in [5.41, 5.74) is 9.71. The number of unbranched alkanes of at least 4 members (excludes halogenated alkanes) is 2. The Bertz CT molecular complexity index is 825. The Kier molecular flexibility index (Phi) is 8.74. The average Bonchev–Trinajstić information content (AvgIpc) is 3.60. The molecule has 5 heteroatoms. The molecule has 184 valence electrons. The van der Waals surface area contributed by atoms with Gasteiger partial charge >= 0.3 is 0 Å². The first-order valence-corrected chi connectivity index (χ1v) is 13.1. The molecule has 1 aromatic carbocycles. The Hall–Kier alpha value is -1.72. The molecule has 3 rings (SSSR count). The van der Waals surface area contributed by atoms with Gasteiger partial charge in [-0.1, -0.05) is 84.9 Å². The Balaban J connectivity index is 2.04. The van der Waals surface area contributed by atoms with Crippen molar-refractivity contribution >= 4 is 17.2 Å². The quantitative estimate of drug-likeness (QED) is 0.472. The molecule has 1 aliphatic heterocycles. The summed E-state index contributed by atoms with van der Waals surface area (Å²) in [5.74, 6) is 0.185. The normalized spacial score (nSPS) is 22.9. The largest absolute Gasteiger partial charge is 0.392 e. The summed E-state index contributed by atoms with van der Waals surface area (Å²) in [4.78, 5) is 21.4. The van der Waals surface area contributed by atoms with Gasteiger partial charge < -0.3 is 15.7 Å². The number of fused-ring (bicyclic) bond motifs is 1. The molecule has 1 heterocycles. The number of benzodiazepines with no additional fused rings is 1. The van der Waals surface area contributed by atoms with E-state index in [0.29, 0.717) is 12.3 Å². The maximum absolute atomic E-state index is 14.1. The highest BCUT2D eigenvalue weighted by atomic mass is 16.3. The first-order valence-electron chi connectivity index (χ1n) is 13.1. The molecule has 0 bridgehead atoms. The smallest absolute Gasteiger partial charge is 0.166 e. The van der Waals surface area contributed by atoms with Crippen LogP contribution in [-0.4, -0.2) is 41.5 Å². The summed E-state index contributed by atoms with van der Waals surface area (Å²) >= 11 is 0. The number of ketones is 1. The fourth-order valence-corrected chi connectivity index (χ4v) is 4.98. The van der Waals surface area contributed by atoms with Gasteiger partial charge in [0.05, 0.1) is 11.8 Å². The van der Waals surface area contributed by atoms with Crippen molar-refractivity contribution in [2.45, 2.75) is 104 Å². The maximum Gasteiger partial charge on any atom is 0.166 e. The minimum atomic E-state index is -0.677. The van der Waals surface area contributed by atoms with E-state index in [4.69, 9.17) is 10.7 Å². The number of carbonyl (C=O) groups excluding carboxylic acids is 1. The van der Waals surface area contributed by atoms with Gasteiger partial charge in [-0.25, -0.2) is 0 Å². The van der Waals surface area contributed by atoms with E-state index in [-0.39, 0.29) is 17.1 Å². The zero-order valence-electron chi connectivity index (χ0n) is 21.4. The van der Waals surface area contributed by atoms with Crippen molar-refractivity contribution in [1.29, 1.82) is 0 Å². The molecule has 4 unspecified atom stereocenters. The lowest BCUT2D eigenvalue weighted by atomic mass is 9.83. The highest BCUT2D eigenvalue weighted by Gasteiger charge is 2.42. The van der Waals surface area contributed by atoms with Crippen molar-refractivity contribution in [3.63, 3.8) is 0 Å². The molecule has 5 nitrogen and oxygen atoms in total. The minimum absolute atomic E-state index is 0.0223. The fraction of sp³-hybridized carbons (Fsp3) is 0.714. The van der Waals surface area contributed by atoms with Crippen LogP contribution in [0.5, 0.6) is 0 Å². The van der Waals surface area contributed by atoms with Crippen LogP contribution in [0.1, 0.15) is 91.5 Å². The van der Waals surface area contributed by atoms with Crippen molar-refractivity contribution < 1.29 is 9.90 Å². The van der Waals surface area contributed by atoms with Crippen LogP contribution in [0.3, 0.4) is 0 Å². The fourth-order valence-electron chi connectivity index (χ4n) is 4.98. The minimum Gasteiger partial charge on any atom is -0.392 e. The van der Waals surface area contributed by atoms with Crippen LogP contribution < -0.4 is 10.6 Å². The molecule has 1 saturated carbocycles. The van der Waals surface area contributed by atoms with E-state index in [1.54, 1.807) is 0 Å². The molecule has 4 atom stereocenters. The standard InChI is InChI=1S/C28H45N3O2/c1-6-8-14-23(32)21(18-19-15-16-19)25(33)24-27(29)31(17-9-7-2)22-13-11-10-12-20(22)26(30-24)28(3,4)5/h10-13,19,21,23-24,27,32H,6-9,14-18,29H2,1-5H3. The molecule has 0 radical (unpaired) electrons. The van der Waals surface area contributed by atoms with E-state index < -0.39 is 18.3 Å². The summed E-state index contributed by atoms with van der Waals surface area (Å²) < 4.78 is 0. The van der Waals surface area contributed by atoms with E-state index in [2.05, 4.69) is 51.7 Å². The summed E-state index contributed by atoms with van der Waals surface area (Å²) in [5, 5.41) is 11.1. The van der Waals surface area contributed by atoms with Crippen molar-refractivity contribution in [1.82, 2.24) is 0 Å². The Morgan fingerprint density at radius 1 is 1.18 bits per heavy atom. The lowest BCUT2D eigenvalue weighted by molar-refractivity contribution is -0.128. The van der Waals surface area contributed by atoms with Crippen LogP contribution in [0.4, 0.5) is 5.69 Å². The van der Waals surface area contributed by atoms with E-state index in [9.17, 15) is 9.90 Å². The number of para-hydroxylation sites is 1. The first-order chi connectivity index (χ1) is 15.7. The maximum atomic E-state index is 14.1. The van der Waals surface area contributed by atoms with Gasteiger partial charge in [0.2, 0.25) is 0 Å². The zero-order valence-corrected chi connectivity index (χ0v) is 21.4. The van der Waals surface area contributed by atoms with Gasteiger partial charge in [-0.15, -0.1) is 0 Å². The molecule has 0 spiro atoms. The van der Waals surface area contributed by atoms with Crippen LogP contribution >= 0.6 is 0 Å². The van der Waals surface area contributed by atoms with Gasteiger partial charge in [0.15, 0.2) is 5.78 Å². The zero-order chi connectivity index (χ0) is 24.2. The van der Waals surface area contributed by atoms with Gasteiger partial charge in [0.25, 0.3) is 0 Å². The predicted molar refractivity (Wildman–Crippen MR) is 138 cm³/mol. The Morgan fingerprint density at radius 3 is 2.45 bits per heavy atom. The van der Waals surface area contributed by atoms with E-state index in [1.165, 1.54) is 0 Å². The van der Waals surface area contributed by atoms with Gasteiger partial charge in [0, 0.05) is 29.1 Å². The number of aliphatic hydroxyl groups excluding tert-OH is 1. The van der Waals surface area contributed by atoms with Crippen LogP contribution in [0, 0.1) is 17.3 Å². The van der Waals surface area contributed by atoms with Gasteiger partial charge in [0.1, 0.15) is 12.2 Å². The number of anilines is 1. The summed E-state index contributed by atoms with van der Waals surface area (Å²) in [6, 6.07) is 7.61. The third-order valence-corrected chi connectivity index (χ3v) is 7.14. The van der Waals surface area contributed by atoms with Crippen LogP contribution in [0.25, 0.3) is 0 Å². The van der Waals surface area contributed by atoms with Gasteiger partial charge in [-0.05, 0) is 31.2 Å². The van der Waals surface area contributed by atoms with Crippen LogP contribution in [-0.2, 0) is 4.79 Å². The second-order valence-electron chi connectivity index (χ2n) is 11.1. The monoisotopic (exact) mass is 455 g/mol. The number of nitrogens with zero attached hydrogens (tertiary/aromatic N) is 2. The second-order valence-corrected chi connectivity index (χ2v) is 11.1. The highest BCUT2D eigenvalue weighted by molar-refractivity contribution is 6.10. The molecule has 0 amide bonds. The SMILES string of the molecule is CCCCC(O)C(CC1CC1)C(=O)C1N=C(C(C)(C)C)c2ccccc2N(CCCC)C1N. The lowest BCUT2D eigenvalue weighted by Gasteiger charge is -2.35. The number of aliphatic hydroxyl groups is 1. The summed E-state index contributed by atoms with van der Waals surface area (Å²) in [6.07, 6.45) is 6.57. The number of carbonyl (C=O) groups is 1. The molecule has 1 aliphatic carbocycles. The van der Waals surface area contributed by atoms with Crippen molar-refractivity contribution in [2.24, 2.45) is 28.0 Å². The number of hydrogen-bond donors (Lipinski definition) is 2. The first kappa shape index (κ1) is 25.9. The van der Waals surface area contributed by atoms with E-state index in [0.717, 1.165) is 68.5 Å². The summed E-state index contributed by atoms with van der Waals surface area (Å²) in [6.45, 7) is 11.5. The van der Waals surface area contributed by atoms with E-state index in [1.807, 2.05) is 12.1 Å². The van der Waals surface area contributed by atoms with Crippen LogP contribution in [0.15, 0.2) is 29.3 Å². The van der Waals surface area contributed by atoms with Crippen LogP contribution in [0.2, 0.25) is 0 Å². The second kappa shape index (κ2) is 11.1. The van der Waals surface area contributed by atoms with Crippen molar-refractivity contribution in [3.05, 3.63) is 29.8 Å². The van der Waals surface area contributed by atoms with Crippen molar-refractivity contribution in [3.8, 4) is 0 Å². The number of Topliss-reactive ketones (excluding diaryl/α,β-unsaturated/α-hetero) is 1. The third kappa shape index (κ3) is 6.24. The summed E-state index contributed by atoms with van der Waals surface area (Å²) in [7, 11) is 0. The predicted octanol–water partition coefficient (Wildman–Crippen LogP) is 5.33. The molecule has 33 heavy (non-hydrogen) atoms. The molecule has 1 fully saturated rings. The number of rotatable bonds is 11. The number of nitrogens with two attached hydrogens (primary N) is 1. The number of benzene rings is 1. The number of aliphatic imine (C=N–C) groups is 1. The highest BCUT2D eigenvalue weighted by Crippen LogP contribution is 2.39. The van der Waals surface area contributed by atoms with E-state index >= 15 is 0 Å². The third-order valence-electron chi connectivity index (χ3n) is 7.14. The van der Waals surface area contributed by atoms with Crippen molar-refractivity contribution in [2.75, 3.05) is 11.4 Å².